The van der Waals surface area contributed by atoms with E-state index >= 15 is 0 Å². The van der Waals surface area contributed by atoms with Crippen LogP contribution >= 0.6 is 0 Å². The van der Waals surface area contributed by atoms with Gasteiger partial charge in [0, 0.05) is 18.9 Å². The summed E-state index contributed by atoms with van der Waals surface area (Å²) in [5.74, 6) is 0.941. The summed E-state index contributed by atoms with van der Waals surface area (Å²) in [7, 11) is 0.311. The van der Waals surface area contributed by atoms with Crippen molar-refractivity contribution in [2.75, 3.05) is 21.3 Å². The maximum absolute atomic E-state index is 13.8. The Bertz CT molecular complexity index is 1400. The molecule has 2 aromatic heterocycles. The van der Waals surface area contributed by atoms with Crippen molar-refractivity contribution in [3.05, 3.63) is 65.9 Å². The molecule has 0 radical (unpaired) electrons. The molecule has 2 unspecified atom stereocenters. The van der Waals surface area contributed by atoms with E-state index in [2.05, 4.69) is 35.5 Å². The molecule has 0 aliphatic carbocycles. The molecule has 1 aromatic carbocycles. The highest BCUT2D eigenvalue weighted by molar-refractivity contribution is 7.90. The molecule has 0 aliphatic heterocycles. The van der Waals surface area contributed by atoms with Gasteiger partial charge in [-0.05, 0) is 51.0 Å². The number of hydrogen-bond donors (Lipinski definition) is 3. The molecular formula is C27H37N7O6S. The number of hydrazine groups is 1. The lowest BCUT2D eigenvalue weighted by molar-refractivity contribution is 0.00372. The smallest absolute Gasteiger partial charge is 0.240 e. The molecule has 0 amide bonds. The first-order valence-corrected chi connectivity index (χ1v) is 14.3. The third-order valence-corrected chi connectivity index (χ3v) is 7.48. The van der Waals surface area contributed by atoms with Crippen LogP contribution in [0.2, 0.25) is 0 Å². The van der Waals surface area contributed by atoms with Crippen LogP contribution in [0.1, 0.15) is 43.7 Å². The molecule has 41 heavy (non-hydrogen) atoms. The largest absolute Gasteiger partial charge is 0.494 e. The first kappa shape index (κ1) is 31.5. The van der Waals surface area contributed by atoms with Crippen LogP contribution in [0.4, 0.5) is 5.69 Å². The number of sulfonamides is 1. The summed E-state index contributed by atoms with van der Waals surface area (Å²) < 4.78 is 52.0. The van der Waals surface area contributed by atoms with Gasteiger partial charge in [-0.15, -0.1) is 0 Å². The number of guanidine groups is 1. The number of hydrogen-bond acceptors (Lipinski definition) is 11. The van der Waals surface area contributed by atoms with Crippen LogP contribution in [-0.2, 0) is 21.3 Å². The minimum absolute atomic E-state index is 0.121. The standard InChI is InChI=1S/C27H37N7O6S/c1-17(2)40-26(21-15-30-24(39-7)16-29-21)19(4)41(35,36)34-27(33-31-14-20-11-18(3)12-28-13-20)32-25-22(37-5)9-8-10-23(25)38-6/h8-13,15-17,19,26,31H,14H2,1-7H3,(H2,32,33,34). The molecule has 3 N–H and O–H groups in total. The van der Waals surface area contributed by atoms with E-state index in [0.29, 0.717) is 29.6 Å². The number of ether oxygens (including phenoxy) is 4. The molecule has 0 saturated carbocycles. The predicted molar refractivity (Wildman–Crippen MR) is 155 cm³/mol. The lowest BCUT2D eigenvalue weighted by Crippen LogP contribution is -2.50. The van der Waals surface area contributed by atoms with Crippen molar-refractivity contribution in [3.8, 4) is 17.4 Å². The monoisotopic (exact) mass is 587 g/mol. The zero-order valence-corrected chi connectivity index (χ0v) is 25.0. The van der Waals surface area contributed by atoms with Crippen LogP contribution in [0.3, 0.4) is 0 Å². The number of pyridine rings is 1. The van der Waals surface area contributed by atoms with E-state index < -0.39 is 21.4 Å². The van der Waals surface area contributed by atoms with Gasteiger partial charge in [0.1, 0.15) is 22.9 Å². The highest BCUT2D eigenvalue weighted by Gasteiger charge is 2.34. The molecule has 2 atom stereocenters. The third-order valence-electron chi connectivity index (χ3n) is 5.78. The van der Waals surface area contributed by atoms with Gasteiger partial charge in [0.2, 0.25) is 21.9 Å². The Hall–Kier alpha value is -4.01. The summed E-state index contributed by atoms with van der Waals surface area (Å²) in [6.07, 6.45) is 5.05. The Balaban J connectivity index is 1.95. The van der Waals surface area contributed by atoms with Crippen LogP contribution in [-0.4, -0.2) is 62.0 Å². The molecule has 3 aromatic rings. The van der Waals surface area contributed by atoms with E-state index in [1.165, 1.54) is 40.6 Å². The quantitative estimate of drug-likeness (QED) is 0.153. The SMILES string of the molecule is COc1cnc(C(OC(C)C)C(C)S(=O)(=O)N/C(=N\c2c(OC)cccc2OC)NNCc2cncc(C)c2)cn1. The van der Waals surface area contributed by atoms with Crippen molar-refractivity contribution < 1.29 is 27.4 Å². The molecule has 0 saturated heterocycles. The second-order valence-corrected chi connectivity index (χ2v) is 11.3. The fourth-order valence-corrected chi connectivity index (χ4v) is 4.84. The Morgan fingerprint density at radius 1 is 0.976 bits per heavy atom. The highest BCUT2D eigenvalue weighted by atomic mass is 32.2. The number of para-hydroxylation sites is 1. The van der Waals surface area contributed by atoms with Gasteiger partial charge in [0.25, 0.3) is 0 Å². The van der Waals surface area contributed by atoms with E-state index in [0.717, 1.165) is 11.1 Å². The molecule has 0 bridgehead atoms. The van der Waals surface area contributed by atoms with E-state index in [-0.39, 0.29) is 17.8 Å². The van der Waals surface area contributed by atoms with Crippen molar-refractivity contribution in [1.29, 1.82) is 0 Å². The second kappa shape index (κ2) is 14.6. The number of benzene rings is 1. The predicted octanol–water partition coefficient (Wildman–Crippen LogP) is 2.96. The Labute approximate surface area is 240 Å². The van der Waals surface area contributed by atoms with E-state index in [1.54, 1.807) is 30.6 Å². The molecule has 0 aliphatic rings. The van der Waals surface area contributed by atoms with Crippen LogP contribution < -0.4 is 29.8 Å². The minimum Gasteiger partial charge on any atom is -0.494 e. The van der Waals surface area contributed by atoms with Gasteiger partial charge < -0.3 is 18.9 Å². The first-order valence-electron chi connectivity index (χ1n) is 12.8. The van der Waals surface area contributed by atoms with Gasteiger partial charge in [-0.3, -0.25) is 20.1 Å². The van der Waals surface area contributed by atoms with Crippen molar-refractivity contribution in [2.24, 2.45) is 4.99 Å². The Morgan fingerprint density at radius 2 is 1.68 bits per heavy atom. The number of nitrogens with zero attached hydrogens (tertiary/aromatic N) is 4. The Kier molecular flexibility index (Phi) is 11.2. The molecule has 0 fully saturated rings. The summed E-state index contributed by atoms with van der Waals surface area (Å²) in [6.45, 7) is 7.40. The van der Waals surface area contributed by atoms with Gasteiger partial charge in [-0.1, -0.05) is 12.1 Å². The van der Waals surface area contributed by atoms with Gasteiger partial charge in [-0.25, -0.2) is 23.8 Å². The fourth-order valence-electron chi connectivity index (χ4n) is 3.76. The van der Waals surface area contributed by atoms with Crippen LogP contribution in [0.15, 0.2) is 54.0 Å². The van der Waals surface area contributed by atoms with Crippen LogP contribution in [0, 0.1) is 6.92 Å². The summed E-state index contributed by atoms with van der Waals surface area (Å²) in [5, 5.41) is -1.11. The maximum Gasteiger partial charge on any atom is 0.240 e. The number of methoxy groups -OCH3 is 3. The summed E-state index contributed by atoms with van der Waals surface area (Å²) >= 11 is 0. The number of aryl methyl sites for hydroxylation is 1. The molecule has 13 nitrogen and oxygen atoms in total. The molecule has 0 spiro atoms. The van der Waals surface area contributed by atoms with Gasteiger partial charge in [-0.2, -0.15) is 0 Å². The average Bonchev–Trinajstić information content (AvgIpc) is 2.95. The van der Waals surface area contributed by atoms with Gasteiger partial charge in [0.15, 0.2) is 5.69 Å². The average molecular weight is 588 g/mol. The van der Waals surface area contributed by atoms with E-state index in [9.17, 15) is 8.42 Å². The van der Waals surface area contributed by atoms with Gasteiger partial charge in [0.05, 0.1) is 45.5 Å². The molecule has 14 heteroatoms. The number of aliphatic imine (C=N–C) groups is 1. The van der Waals surface area contributed by atoms with E-state index in [4.69, 9.17) is 18.9 Å². The van der Waals surface area contributed by atoms with Crippen molar-refractivity contribution in [1.82, 2.24) is 30.5 Å². The van der Waals surface area contributed by atoms with Crippen molar-refractivity contribution in [2.45, 2.75) is 51.7 Å². The Morgan fingerprint density at radius 3 is 2.24 bits per heavy atom. The number of nitrogens with one attached hydrogen (secondary N) is 3. The first-order chi connectivity index (χ1) is 19.6. The van der Waals surface area contributed by atoms with Crippen molar-refractivity contribution >= 4 is 21.7 Å². The minimum atomic E-state index is -4.13. The van der Waals surface area contributed by atoms with Crippen LogP contribution in [0.25, 0.3) is 0 Å². The summed E-state index contributed by atoms with van der Waals surface area (Å²) in [5.41, 5.74) is 8.35. The zero-order valence-electron chi connectivity index (χ0n) is 24.2. The number of aromatic nitrogens is 3. The summed E-state index contributed by atoms with van der Waals surface area (Å²) in [6, 6.07) is 7.08. The zero-order chi connectivity index (χ0) is 30.0. The molecule has 2 heterocycles. The molecule has 3 rings (SSSR count). The normalized spacial score (nSPS) is 13.4. The fraction of sp³-hybridized carbons (Fsp3) is 0.407. The number of rotatable bonds is 13. The molecule has 222 valence electrons. The summed E-state index contributed by atoms with van der Waals surface area (Å²) in [4.78, 5) is 17.2. The van der Waals surface area contributed by atoms with Crippen molar-refractivity contribution in [3.63, 3.8) is 0 Å². The third kappa shape index (κ3) is 8.74. The highest BCUT2D eigenvalue weighted by Crippen LogP contribution is 2.37. The topological polar surface area (TPSA) is 158 Å². The lowest BCUT2D eigenvalue weighted by Gasteiger charge is -2.26. The lowest BCUT2D eigenvalue weighted by atomic mass is 10.2. The maximum atomic E-state index is 13.8. The van der Waals surface area contributed by atoms with E-state index in [1.807, 2.05) is 26.8 Å². The second-order valence-electron chi connectivity index (χ2n) is 9.26. The van der Waals surface area contributed by atoms with Gasteiger partial charge >= 0.3 is 0 Å². The molecular weight excluding hydrogens is 550 g/mol. The van der Waals surface area contributed by atoms with Crippen LogP contribution in [0.5, 0.6) is 17.4 Å².